The lowest BCUT2D eigenvalue weighted by atomic mass is 10.2. The molecule has 0 fully saturated rings. The first-order valence-electron chi connectivity index (χ1n) is 7.90. The Kier molecular flexibility index (Phi) is 16.4. The minimum absolute atomic E-state index is 0.405. The van der Waals surface area contributed by atoms with E-state index >= 15 is 0 Å². The van der Waals surface area contributed by atoms with Gasteiger partial charge in [0.1, 0.15) is 5.60 Å². The summed E-state index contributed by atoms with van der Waals surface area (Å²) >= 11 is 1.27. The predicted octanol–water partition coefficient (Wildman–Crippen LogP) is 5.22. The molecule has 0 saturated heterocycles. The number of carbonyl (C=O) groups is 1. The van der Waals surface area contributed by atoms with E-state index in [9.17, 15) is 4.79 Å². The lowest BCUT2D eigenvalue weighted by Crippen LogP contribution is -2.34. The molecule has 0 aliphatic heterocycles. The van der Waals surface area contributed by atoms with Gasteiger partial charge in [-0.15, -0.1) is 0 Å². The van der Waals surface area contributed by atoms with Crippen molar-refractivity contribution in [2.24, 2.45) is 0 Å². The minimum atomic E-state index is -0.440. The van der Waals surface area contributed by atoms with Gasteiger partial charge >= 0.3 is 6.09 Å². The van der Waals surface area contributed by atoms with Crippen LogP contribution in [0.4, 0.5) is 4.79 Å². The summed E-state index contributed by atoms with van der Waals surface area (Å²) in [4.78, 5) is 11.0. The Morgan fingerprint density at radius 3 is 2.04 bits per heavy atom. The van der Waals surface area contributed by atoms with Crippen LogP contribution in [0.15, 0.2) is 30.3 Å². The Balaban J connectivity index is 0. The number of ether oxygens (including phenoxy) is 1. The summed E-state index contributed by atoms with van der Waals surface area (Å²) in [5.41, 5.74) is 0.882. The van der Waals surface area contributed by atoms with Crippen molar-refractivity contribution in [3.63, 3.8) is 0 Å². The first-order chi connectivity index (χ1) is 10.8. The van der Waals surface area contributed by atoms with Crippen LogP contribution in [-0.2, 0) is 8.92 Å². The van der Waals surface area contributed by atoms with Crippen molar-refractivity contribution in [1.82, 2.24) is 5.32 Å². The number of rotatable bonds is 4. The van der Waals surface area contributed by atoms with Gasteiger partial charge in [-0.25, -0.2) is 4.79 Å². The summed E-state index contributed by atoms with van der Waals surface area (Å²) in [6.07, 6.45) is 2.67. The van der Waals surface area contributed by atoms with Crippen LogP contribution in [0.25, 0.3) is 0 Å². The number of amides is 1. The molecule has 23 heavy (non-hydrogen) atoms. The van der Waals surface area contributed by atoms with Gasteiger partial charge in [-0.05, 0) is 39.7 Å². The fourth-order valence-corrected chi connectivity index (χ4v) is 1.38. The maximum atomic E-state index is 11.0. The van der Waals surface area contributed by atoms with E-state index in [4.69, 9.17) is 8.92 Å². The highest BCUT2D eigenvalue weighted by molar-refractivity contribution is 7.93. The third-order valence-electron chi connectivity index (χ3n) is 1.91. The van der Waals surface area contributed by atoms with Gasteiger partial charge in [0.05, 0.1) is 6.61 Å². The number of hydrogen-bond donors (Lipinski definition) is 1. The third-order valence-corrected chi connectivity index (χ3v) is 2.31. The van der Waals surface area contributed by atoms with Gasteiger partial charge in [-0.3, -0.25) is 0 Å². The van der Waals surface area contributed by atoms with Crippen LogP contribution in [0.5, 0.6) is 0 Å². The molecule has 134 valence electrons. The maximum Gasteiger partial charge on any atom is 0.407 e. The number of benzene rings is 1. The number of aryl methyl sites for hydroxylation is 1. The Bertz CT molecular complexity index is 378. The van der Waals surface area contributed by atoms with Gasteiger partial charge in [0.25, 0.3) is 0 Å². The zero-order valence-electron chi connectivity index (χ0n) is 15.6. The average Bonchev–Trinajstić information content (AvgIpc) is 2.44. The Hall–Kier alpha value is -1.20. The summed E-state index contributed by atoms with van der Waals surface area (Å²) in [6.45, 7) is 12.8. The molecule has 1 aromatic carbocycles. The van der Waals surface area contributed by atoms with Crippen LogP contribution >= 0.6 is 12.0 Å². The fourth-order valence-electron chi connectivity index (χ4n) is 1.13. The van der Waals surface area contributed by atoms with Gasteiger partial charge in [0.15, 0.2) is 0 Å². The van der Waals surface area contributed by atoms with Crippen LogP contribution in [0, 0.1) is 6.92 Å². The number of alkyl carbamates (subject to hydrolysis) is 1. The Morgan fingerprint density at radius 2 is 1.70 bits per heavy atom. The number of hydrogen-bond acceptors (Lipinski definition) is 4. The summed E-state index contributed by atoms with van der Waals surface area (Å²) in [5.74, 6) is 0. The van der Waals surface area contributed by atoms with E-state index in [0.717, 1.165) is 0 Å². The molecular weight excluding hydrogens is 310 g/mol. The topological polar surface area (TPSA) is 47.6 Å². The molecule has 0 aliphatic carbocycles. The minimum Gasteiger partial charge on any atom is -0.444 e. The normalized spacial score (nSPS) is 9.70. The monoisotopic (exact) mass is 343 g/mol. The smallest absolute Gasteiger partial charge is 0.407 e. The predicted molar refractivity (Wildman–Crippen MR) is 101 cm³/mol. The molecule has 0 heterocycles. The summed E-state index contributed by atoms with van der Waals surface area (Å²) < 4.78 is 9.97. The zero-order chi connectivity index (χ0) is 18.1. The van der Waals surface area contributed by atoms with Crippen molar-refractivity contribution in [1.29, 1.82) is 0 Å². The second-order valence-electron chi connectivity index (χ2n) is 5.78. The van der Waals surface area contributed by atoms with E-state index in [1.54, 1.807) is 0 Å². The standard InChI is InChI=1S/C8H17NO3S.C7H8.C3H8/c1-8(2,3)12-7(10)9-5-6-11-13-4;1-7-5-3-2-4-6-7;1-3-2/h5-6H2,1-4H3,(H,9,10);2-6H,1H3;3H2,1-2H3. The second-order valence-corrected chi connectivity index (χ2v) is 6.35. The van der Waals surface area contributed by atoms with Crippen LogP contribution in [0.1, 0.15) is 46.6 Å². The zero-order valence-corrected chi connectivity index (χ0v) is 16.5. The first-order valence-corrected chi connectivity index (χ1v) is 9.05. The SMILES string of the molecule is CCC.CSOCCNC(=O)OC(C)(C)C.Cc1ccccc1. The Labute approximate surface area is 146 Å². The van der Waals surface area contributed by atoms with Crippen molar-refractivity contribution < 1.29 is 13.7 Å². The summed E-state index contributed by atoms with van der Waals surface area (Å²) in [6, 6.07) is 10.3. The molecule has 4 nitrogen and oxygen atoms in total. The van der Waals surface area contributed by atoms with Crippen LogP contribution in [0.3, 0.4) is 0 Å². The maximum absolute atomic E-state index is 11.0. The Morgan fingerprint density at radius 1 is 1.17 bits per heavy atom. The van der Waals surface area contributed by atoms with E-state index in [-0.39, 0.29) is 0 Å². The molecule has 1 N–H and O–H groups in total. The van der Waals surface area contributed by atoms with Gasteiger partial charge in [0.2, 0.25) is 0 Å². The van der Waals surface area contributed by atoms with Crippen molar-refractivity contribution in [3.05, 3.63) is 35.9 Å². The van der Waals surface area contributed by atoms with Crippen LogP contribution in [-0.4, -0.2) is 31.1 Å². The lowest BCUT2D eigenvalue weighted by molar-refractivity contribution is 0.0521. The highest BCUT2D eigenvalue weighted by Crippen LogP contribution is 2.06. The molecule has 1 rings (SSSR count). The van der Waals surface area contributed by atoms with Crippen LogP contribution in [0.2, 0.25) is 0 Å². The van der Waals surface area contributed by atoms with Crippen molar-refractivity contribution in [3.8, 4) is 0 Å². The van der Waals surface area contributed by atoms with E-state index in [1.807, 2.05) is 45.2 Å². The molecule has 0 atom stereocenters. The van der Waals surface area contributed by atoms with E-state index in [0.29, 0.717) is 13.2 Å². The summed E-state index contributed by atoms with van der Waals surface area (Å²) in [5, 5.41) is 2.57. The second kappa shape index (κ2) is 15.7. The average molecular weight is 344 g/mol. The van der Waals surface area contributed by atoms with Gasteiger partial charge in [0, 0.05) is 12.8 Å². The molecule has 5 heteroatoms. The quantitative estimate of drug-likeness (QED) is 0.601. The van der Waals surface area contributed by atoms with Gasteiger partial charge < -0.3 is 14.2 Å². The molecule has 1 amide bonds. The van der Waals surface area contributed by atoms with E-state index in [2.05, 4.69) is 38.2 Å². The van der Waals surface area contributed by atoms with Crippen molar-refractivity contribution in [2.45, 2.75) is 53.6 Å². The largest absolute Gasteiger partial charge is 0.444 e. The van der Waals surface area contributed by atoms with Gasteiger partial charge in [-0.2, -0.15) is 0 Å². The van der Waals surface area contributed by atoms with Crippen molar-refractivity contribution >= 4 is 18.1 Å². The first kappa shape index (κ1) is 24.1. The molecule has 0 bridgehead atoms. The lowest BCUT2D eigenvalue weighted by Gasteiger charge is -2.19. The molecule has 1 aromatic rings. The summed E-state index contributed by atoms with van der Waals surface area (Å²) in [7, 11) is 0. The molecule has 0 radical (unpaired) electrons. The van der Waals surface area contributed by atoms with E-state index < -0.39 is 11.7 Å². The number of carbonyl (C=O) groups excluding carboxylic acids is 1. The number of nitrogens with one attached hydrogen (secondary N) is 1. The molecule has 0 unspecified atom stereocenters. The fraction of sp³-hybridized carbons (Fsp3) is 0.611. The molecule has 0 aliphatic rings. The molecular formula is C18H33NO3S. The molecule has 0 spiro atoms. The third kappa shape index (κ3) is 23.2. The van der Waals surface area contributed by atoms with Gasteiger partial charge in [-0.1, -0.05) is 56.2 Å². The highest BCUT2D eigenvalue weighted by Gasteiger charge is 2.15. The molecule has 0 saturated carbocycles. The molecule has 0 aromatic heterocycles. The van der Waals surface area contributed by atoms with E-state index in [1.165, 1.54) is 24.0 Å². The highest BCUT2D eigenvalue weighted by atomic mass is 32.2. The van der Waals surface area contributed by atoms with Crippen LogP contribution < -0.4 is 5.32 Å². The van der Waals surface area contributed by atoms with Crippen molar-refractivity contribution in [2.75, 3.05) is 19.4 Å².